The Morgan fingerprint density at radius 3 is 2.89 bits per heavy atom. The van der Waals surface area contributed by atoms with Gasteiger partial charge in [-0.1, -0.05) is 0 Å². The van der Waals surface area contributed by atoms with E-state index < -0.39 is 0 Å². The molecule has 0 N–H and O–H groups in total. The fraction of sp³-hybridized carbons (Fsp3) is 0.600. The largest absolute Gasteiger partial charge is 0.497 e. The number of rotatable bonds is 2. The highest BCUT2D eigenvalue weighted by Gasteiger charge is 2.30. The zero-order valence-corrected chi connectivity index (χ0v) is 11.4. The summed E-state index contributed by atoms with van der Waals surface area (Å²) in [6.07, 6.45) is 2.74. The van der Waals surface area contributed by atoms with Gasteiger partial charge in [0.25, 0.3) is 0 Å². The van der Waals surface area contributed by atoms with Crippen LogP contribution in [0, 0.1) is 6.92 Å². The van der Waals surface area contributed by atoms with Gasteiger partial charge in [-0.25, -0.2) is 0 Å². The van der Waals surface area contributed by atoms with Crippen LogP contribution in [-0.4, -0.2) is 44.2 Å². The van der Waals surface area contributed by atoms with Gasteiger partial charge in [-0.05, 0) is 50.1 Å². The zero-order chi connectivity index (χ0) is 12.5. The highest BCUT2D eigenvalue weighted by Crippen LogP contribution is 2.29. The summed E-state index contributed by atoms with van der Waals surface area (Å²) >= 11 is 0. The van der Waals surface area contributed by atoms with E-state index in [0.717, 1.165) is 18.3 Å². The van der Waals surface area contributed by atoms with Crippen molar-refractivity contribution in [2.75, 3.05) is 38.2 Å². The quantitative estimate of drug-likeness (QED) is 0.796. The maximum atomic E-state index is 5.28. The lowest BCUT2D eigenvalue weighted by molar-refractivity contribution is 0.231. The molecule has 0 aromatic heterocycles. The Kier molecular flexibility index (Phi) is 3.16. The summed E-state index contributed by atoms with van der Waals surface area (Å²) < 4.78 is 5.28. The summed E-state index contributed by atoms with van der Waals surface area (Å²) in [5.41, 5.74) is 2.70. The van der Waals surface area contributed by atoms with Crippen LogP contribution >= 0.6 is 0 Å². The Morgan fingerprint density at radius 2 is 2.11 bits per heavy atom. The molecule has 1 atom stereocenters. The number of methoxy groups -OCH3 is 1. The smallest absolute Gasteiger partial charge is 0.119 e. The van der Waals surface area contributed by atoms with E-state index in [1.807, 2.05) is 0 Å². The van der Waals surface area contributed by atoms with E-state index in [0.29, 0.717) is 0 Å². The Balaban J connectivity index is 1.78. The van der Waals surface area contributed by atoms with Crippen molar-refractivity contribution in [2.24, 2.45) is 0 Å². The predicted octanol–water partition coefficient (Wildman–Crippen LogP) is 2.29. The molecule has 98 valence electrons. The average molecular weight is 246 g/mol. The lowest BCUT2D eigenvalue weighted by Gasteiger charge is -2.39. The highest BCUT2D eigenvalue weighted by molar-refractivity contribution is 5.56. The van der Waals surface area contributed by atoms with Crippen LogP contribution in [0.5, 0.6) is 5.75 Å². The topological polar surface area (TPSA) is 15.7 Å². The number of ether oxygens (including phenoxy) is 1. The van der Waals surface area contributed by atoms with Crippen LogP contribution in [0.1, 0.15) is 18.4 Å². The molecular weight excluding hydrogens is 224 g/mol. The van der Waals surface area contributed by atoms with Gasteiger partial charge in [0.05, 0.1) is 7.11 Å². The van der Waals surface area contributed by atoms with Crippen LogP contribution in [0.25, 0.3) is 0 Å². The molecule has 0 amide bonds. The molecular formula is C15H22N2O. The number of anilines is 1. The van der Waals surface area contributed by atoms with Crippen LogP contribution in [0.15, 0.2) is 18.2 Å². The molecule has 0 saturated carbocycles. The first-order valence-corrected chi connectivity index (χ1v) is 6.91. The normalized spacial score (nSPS) is 24.1. The van der Waals surface area contributed by atoms with Crippen molar-refractivity contribution in [1.82, 2.24) is 4.90 Å². The summed E-state index contributed by atoms with van der Waals surface area (Å²) in [5, 5.41) is 0. The third-order valence-electron chi connectivity index (χ3n) is 4.33. The maximum absolute atomic E-state index is 5.28. The summed E-state index contributed by atoms with van der Waals surface area (Å²) in [6, 6.07) is 7.19. The number of nitrogens with zero attached hydrogens (tertiary/aromatic N) is 2. The van der Waals surface area contributed by atoms with Gasteiger partial charge in [0, 0.05) is 31.4 Å². The van der Waals surface area contributed by atoms with Crippen LogP contribution < -0.4 is 9.64 Å². The highest BCUT2D eigenvalue weighted by atomic mass is 16.5. The molecule has 1 unspecified atom stereocenters. The first-order chi connectivity index (χ1) is 8.78. The molecule has 2 heterocycles. The lowest BCUT2D eigenvalue weighted by Crippen LogP contribution is -2.50. The minimum Gasteiger partial charge on any atom is -0.497 e. The molecule has 2 aliphatic rings. The summed E-state index contributed by atoms with van der Waals surface area (Å²) in [7, 11) is 1.73. The van der Waals surface area contributed by atoms with Gasteiger partial charge in [-0.15, -0.1) is 0 Å². The van der Waals surface area contributed by atoms with Gasteiger partial charge in [-0.2, -0.15) is 0 Å². The van der Waals surface area contributed by atoms with Crippen LogP contribution in [0.4, 0.5) is 5.69 Å². The monoisotopic (exact) mass is 246 g/mol. The molecule has 2 fully saturated rings. The van der Waals surface area contributed by atoms with E-state index in [-0.39, 0.29) is 0 Å². The fourth-order valence-corrected chi connectivity index (χ4v) is 3.32. The minimum absolute atomic E-state index is 0.778. The molecule has 18 heavy (non-hydrogen) atoms. The number of fused-ring (bicyclic) bond motifs is 1. The van der Waals surface area contributed by atoms with E-state index in [1.54, 1.807) is 7.11 Å². The van der Waals surface area contributed by atoms with Gasteiger partial charge < -0.3 is 9.64 Å². The first kappa shape index (κ1) is 11.8. The molecule has 3 nitrogen and oxygen atoms in total. The van der Waals surface area contributed by atoms with Crippen molar-refractivity contribution < 1.29 is 4.74 Å². The van der Waals surface area contributed by atoms with E-state index in [1.165, 1.54) is 43.7 Å². The van der Waals surface area contributed by atoms with Crippen molar-refractivity contribution >= 4 is 5.69 Å². The van der Waals surface area contributed by atoms with Crippen molar-refractivity contribution in [2.45, 2.75) is 25.8 Å². The maximum Gasteiger partial charge on any atom is 0.119 e. The Labute approximate surface area is 109 Å². The Bertz CT molecular complexity index is 433. The van der Waals surface area contributed by atoms with Gasteiger partial charge >= 0.3 is 0 Å². The van der Waals surface area contributed by atoms with Crippen molar-refractivity contribution in [3.63, 3.8) is 0 Å². The molecule has 0 aliphatic carbocycles. The van der Waals surface area contributed by atoms with E-state index in [9.17, 15) is 0 Å². The third-order valence-corrected chi connectivity index (χ3v) is 4.33. The van der Waals surface area contributed by atoms with Crippen LogP contribution in [0.2, 0.25) is 0 Å². The van der Waals surface area contributed by atoms with Crippen molar-refractivity contribution in [3.05, 3.63) is 23.8 Å². The van der Waals surface area contributed by atoms with Crippen molar-refractivity contribution in [3.8, 4) is 5.75 Å². The summed E-state index contributed by atoms with van der Waals surface area (Å²) in [6.45, 7) is 7.05. The third kappa shape index (κ3) is 2.07. The number of hydrogen-bond acceptors (Lipinski definition) is 3. The molecule has 1 aromatic rings. The molecule has 0 bridgehead atoms. The summed E-state index contributed by atoms with van der Waals surface area (Å²) in [4.78, 5) is 5.19. The SMILES string of the molecule is COc1ccc(N2CCN3CCCC3C2)c(C)c1. The van der Waals surface area contributed by atoms with Gasteiger partial charge in [0.15, 0.2) is 0 Å². The predicted molar refractivity (Wildman–Crippen MR) is 74.5 cm³/mol. The standard InChI is InChI=1S/C15H22N2O/c1-12-10-14(18-2)5-6-15(12)17-9-8-16-7-3-4-13(16)11-17/h5-6,10,13H,3-4,7-9,11H2,1-2H3. The second kappa shape index (κ2) is 4.81. The van der Waals surface area contributed by atoms with E-state index in [4.69, 9.17) is 4.74 Å². The summed E-state index contributed by atoms with van der Waals surface area (Å²) in [5.74, 6) is 0.954. The molecule has 3 heteroatoms. The number of hydrogen-bond donors (Lipinski definition) is 0. The Morgan fingerprint density at radius 1 is 1.22 bits per heavy atom. The average Bonchev–Trinajstić information content (AvgIpc) is 2.85. The van der Waals surface area contributed by atoms with Crippen molar-refractivity contribution in [1.29, 1.82) is 0 Å². The van der Waals surface area contributed by atoms with Gasteiger partial charge in [0.1, 0.15) is 5.75 Å². The number of benzene rings is 1. The van der Waals surface area contributed by atoms with Crippen LogP contribution in [-0.2, 0) is 0 Å². The molecule has 0 spiro atoms. The van der Waals surface area contributed by atoms with E-state index >= 15 is 0 Å². The fourth-order valence-electron chi connectivity index (χ4n) is 3.32. The molecule has 1 aromatic carbocycles. The van der Waals surface area contributed by atoms with Gasteiger partial charge in [-0.3, -0.25) is 4.90 Å². The lowest BCUT2D eigenvalue weighted by atomic mass is 10.1. The number of piperazine rings is 1. The minimum atomic E-state index is 0.778. The van der Waals surface area contributed by atoms with E-state index in [2.05, 4.69) is 34.9 Å². The number of aryl methyl sites for hydroxylation is 1. The first-order valence-electron chi connectivity index (χ1n) is 6.91. The Hall–Kier alpha value is -1.22. The molecule has 2 aliphatic heterocycles. The zero-order valence-electron chi connectivity index (χ0n) is 11.4. The second-order valence-electron chi connectivity index (χ2n) is 5.43. The molecule has 3 rings (SSSR count). The van der Waals surface area contributed by atoms with Gasteiger partial charge in [0.2, 0.25) is 0 Å². The molecule has 2 saturated heterocycles. The second-order valence-corrected chi connectivity index (χ2v) is 5.43. The molecule has 0 radical (unpaired) electrons. The van der Waals surface area contributed by atoms with Crippen LogP contribution in [0.3, 0.4) is 0 Å².